The molecule has 1 saturated heterocycles. The molecular formula is C18H16Cl2N2O2S2. The number of nitrogens with zero attached hydrogens (tertiary/aromatic N) is 2. The zero-order valence-electron chi connectivity index (χ0n) is 13.7. The predicted molar refractivity (Wildman–Crippen MR) is 110 cm³/mol. The number of hydrogen-bond donors (Lipinski definition) is 0. The van der Waals surface area contributed by atoms with Gasteiger partial charge in [0.25, 0.3) is 0 Å². The Labute approximate surface area is 167 Å². The van der Waals surface area contributed by atoms with Gasteiger partial charge in [-0.25, -0.2) is 8.42 Å². The first-order valence-electron chi connectivity index (χ1n) is 8.12. The molecule has 4 nitrogen and oxygen atoms in total. The lowest BCUT2D eigenvalue weighted by Crippen LogP contribution is -2.39. The zero-order valence-corrected chi connectivity index (χ0v) is 16.8. The molecule has 2 heterocycles. The normalized spacial score (nSPS) is 23.8. The maximum Gasteiger partial charge on any atom is 0.164 e. The number of benzene rings is 2. The molecule has 4 rings (SSSR count). The van der Waals surface area contributed by atoms with E-state index in [1.807, 2.05) is 47.4 Å². The molecule has 136 valence electrons. The highest BCUT2D eigenvalue weighted by Gasteiger charge is 2.47. The van der Waals surface area contributed by atoms with Gasteiger partial charge in [-0.05, 0) is 29.8 Å². The van der Waals surface area contributed by atoms with Gasteiger partial charge in [0.15, 0.2) is 15.0 Å². The van der Waals surface area contributed by atoms with Gasteiger partial charge in [-0.2, -0.15) is 0 Å². The molecule has 2 aromatic carbocycles. The van der Waals surface area contributed by atoms with Gasteiger partial charge in [0.1, 0.15) is 0 Å². The smallest absolute Gasteiger partial charge is 0.164 e. The van der Waals surface area contributed by atoms with E-state index in [-0.39, 0.29) is 23.6 Å². The highest BCUT2D eigenvalue weighted by Crippen LogP contribution is 2.37. The van der Waals surface area contributed by atoms with Crippen molar-refractivity contribution < 1.29 is 8.42 Å². The van der Waals surface area contributed by atoms with Crippen LogP contribution in [0.15, 0.2) is 53.5 Å². The third kappa shape index (κ3) is 3.60. The number of amidine groups is 1. The molecule has 0 aliphatic carbocycles. The van der Waals surface area contributed by atoms with Gasteiger partial charge in [0, 0.05) is 21.5 Å². The van der Waals surface area contributed by atoms with Crippen LogP contribution in [0.1, 0.15) is 5.56 Å². The van der Waals surface area contributed by atoms with Crippen molar-refractivity contribution in [3.63, 3.8) is 0 Å². The first-order chi connectivity index (χ1) is 12.4. The highest BCUT2D eigenvalue weighted by atomic mass is 35.5. The van der Waals surface area contributed by atoms with E-state index in [1.165, 1.54) is 0 Å². The van der Waals surface area contributed by atoms with Gasteiger partial charge in [-0.3, -0.25) is 4.99 Å². The summed E-state index contributed by atoms with van der Waals surface area (Å²) >= 11 is 14.0. The second-order valence-electron chi connectivity index (χ2n) is 6.35. The Balaban J connectivity index is 1.64. The van der Waals surface area contributed by atoms with Gasteiger partial charge in [0.05, 0.1) is 23.6 Å². The summed E-state index contributed by atoms with van der Waals surface area (Å²) in [6, 6.07) is 14.8. The standard InChI is InChI=1S/C18H16Cl2N2O2S2/c19-13-5-3-6-14(8-13)22-17-11-26(23,24)10-16(17)21-18(22)25-9-12-4-1-2-7-15(12)20/h1-8,16-17H,9-11H2/t16-,17-/m1/s1. The molecule has 0 radical (unpaired) electrons. The molecule has 8 heteroatoms. The molecule has 0 aromatic heterocycles. The Morgan fingerprint density at radius 2 is 1.92 bits per heavy atom. The number of fused-ring (bicyclic) bond motifs is 1. The molecule has 1 fully saturated rings. The molecule has 0 saturated carbocycles. The van der Waals surface area contributed by atoms with Crippen molar-refractivity contribution in [2.24, 2.45) is 4.99 Å². The average molecular weight is 427 g/mol. The summed E-state index contributed by atoms with van der Waals surface area (Å²) in [5.41, 5.74) is 1.89. The van der Waals surface area contributed by atoms with E-state index in [0.29, 0.717) is 10.8 Å². The molecule has 2 aliphatic heterocycles. The van der Waals surface area contributed by atoms with Crippen molar-refractivity contribution in [3.8, 4) is 0 Å². The maximum absolute atomic E-state index is 12.1. The molecule has 26 heavy (non-hydrogen) atoms. The Morgan fingerprint density at radius 1 is 1.12 bits per heavy atom. The topological polar surface area (TPSA) is 49.7 Å². The number of thioether (sulfide) groups is 1. The predicted octanol–water partition coefficient (Wildman–Crippen LogP) is 4.27. The highest BCUT2D eigenvalue weighted by molar-refractivity contribution is 8.13. The summed E-state index contributed by atoms with van der Waals surface area (Å²) in [6.45, 7) is 0. The van der Waals surface area contributed by atoms with Crippen LogP contribution in [0.5, 0.6) is 0 Å². The second kappa shape index (κ2) is 7.08. The fourth-order valence-corrected chi connectivity index (χ4v) is 6.76. The SMILES string of the molecule is O=S1(=O)C[C@@H]2[C@@H](C1)N=C(SCc1ccccc1Cl)N2c1cccc(Cl)c1. The summed E-state index contributed by atoms with van der Waals surface area (Å²) in [6.07, 6.45) is 0. The van der Waals surface area contributed by atoms with E-state index in [4.69, 9.17) is 28.2 Å². The van der Waals surface area contributed by atoms with E-state index >= 15 is 0 Å². The quantitative estimate of drug-likeness (QED) is 0.734. The van der Waals surface area contributed by atoms with Crippen LogP contribution in [0.25, 0.3) is 0 Å². The maximum atomic E-state index is 12.1. The molecule has 0 amide bonds. The molecule has 0 bridgehead atoms. The number of hydrogen-bond acceptors (Lipinski definition) is 5. The van der Waals surface area contributed by atoms with Crippen LogP contribution >= 0.6 is 35.0 Å². The van der Waals surface area contributed by atoms with Crippen molar-refractivity contribution in [3.05, 3.63) is 64.1 Å². The molecule has 2 aromatic rings. The van der Waals surface area contributed by atoms with E-state index in [9.17, 15) is 8.42 Å². The minimum absolute atomic E-state index is 0.102. The first kappa shape index (κ1) is 18.2. The number of rotatable bonds is 3. The molecule has 0 N–H and O–H groups in total. The largest absolute Gasteiger partial charge is 0.315 e. The van der Waals surface area contributed by atoms with Crippen LogP contribution in [0.2, 0.25) is 10.0 Å². The lowest BCUT2D eigenvalue weighted by atomic mass is 10.1. The van der Waals surface area contributed by atoms with Gasteiger partial charge in [-0.15, -0.1) is 0 Å². The van der Waals surface area contributed by atoms with Crippen LogP contribution < -0.4 is 4.90 Å². The van der Waals surface area contributed by atoms with Crippen LogP contribution in [0.3, 0.4) is 0 Å². The molecule has 0 unspecified atom stereocenters. The Kier molecular flexibility index (Phi) is 4.94. The zero-order chi connectivity index (χ0) is 18.3. The number of halogens is 2. The van der Waals surface area contributed by atoms with Crippen LogP contribution in [0.4, 0.5) is 5.69 Å². The van der Waals surface area contributed by atoms with Crippen molar-refractivity contribution in [1.82, 2.24) is 0 Å². The lowest BCUT2D eigenvalue weighted by molar-refractivity contribution is 0.601. The van der Waals surface area contributed by atoms with E-state index in [2.05, 4.69) is 0 Å². The van der Waals surface area contributed by atoms with Crippen molar-refractivity contribution in [2.45, 2.75) is 17.8 Å². The van der Waals surface area contributed by atoms with Gasteiger partial charge in [0.2, 0.25) is 0 Å². The Hall–Kier alpha value is -1.21. The summed E-state index contributed by atoms with van der Waals surface area (Å²) < 4.78 is 24.1. The number of anilines is 1. The molecular weight excluding hydrogens is 411 g/mol. The number of aliphatic imine (C=N–C) groups is 1. The average Bonchev–Trinajstić information content (AvgIpc) is 3.05. The van der Waals surface area contributed by atoms with Gasteiger partial charge >= 0.3 is 0 Å². The van der Waals surface area contributed by atoms with Crippen LogP contribution in [-0.2, 0) is 15.6 Å². The minimum Gasteiger partial charge on any atom is -0.315 e. The first-order valence-corrected chi connectivity index (χ1v) is 11.7. The summed E-state index contributed by atoms with van der Waals surface area (Å²) in [5.74, 6) is 0.885. The monoisotopic (exact) mass is 426 g/mol. The summed E-state index contributed by atoms with van der Waals surface area (Å²) in [5, 5.41) is 2.15. The van der Waals surface area contributed by atoms with E-state index in [0.717, 1.165) is 21.4 Å². The Morgan fingerprint density at radius 3 is 2.69 bits per heavy atom. The summed E-state index contributed by atoms with van der Waals surface area (Å²) in [7, 11) is -3.07. The minimum atomic E-state index is -3.07. The van der Waals surface area contributed by atoms with Crippen LogP contribution in [0, 0.1) is 0 Å². The fourth-order valence-electron chi connectivity index (χ4n) is 3.32. The lowest BCUT2D eigenvalue weighted by Gasteiger charge is -2.26. The van der Waals surface area contributed by atoms with E-state index < -0.39 is 9.84 Å². The van der Waals surface area contributed by atoms with Crippen molar-refractivity contribution in [1.29, 1.82) is 0 Å². The van der Waals surface area contributed by atoms with Gasteiger partial charge < -0.3 is 4.90 Å². The van der Waals surface area contributed by atoms with Crippen LogP contribution in [-0.4, -0.2) is 37.2 Å². The van der Waals surface area contributed by atoms with Crippen molar-refractivity contribution in [2.75, 3.05) is 16.4 Å². The fraction of sp³-hybridized carbons (Fsp3) is 0.278. The third-order valence-corrected chi connectivity index (χ3v) is 7.83. The Bertz CT molecular complexity index is 979. The molecule has 0 spiro atoms. The third-order valence-electron chi connectivity index (χ3n) is 4.51. The molecule has 2 aliphatic rings. The number of sulfone groups is 1. The van der Waals surface area contributed by atoms with Gasteiger partial charge in [-0.1, -0.05) is 59.2 Å². The van der Waals surface area contributed by atoms with Crippen molar-refractivity contribution >= 4 is 55.7 Å². The van der Waals surface area contributed by atoms with E-state index in [1.54, 1.807) is 17.8 Å². The second-order valence-corrected chi connectivity index (χ2v) is 10.3. The summed E-state index contributed by atoms with van der Waals surface area (Å²) in [4.78, 5) is 6.73. The molecule has 2 atom stereocenters.